The Labute approximate surface area is 201 Å². The molecular weight excluding hydrogens is 424 g/mol. The van der Waals surface area contributed by atoms with Gasteiger partial charge in [0.2, 0.25) is 0 Å². The maximum atomic E-state index is 12.9. The van der Waals surface area contributed by atoms with E-state index in [0.29, 0.717) is 18.5 Å². The fourth-order valence-corrected chi connectivity index (χ4v) is 5.06. The lowest BCUT2D eigenvalue weighted by Gasteiger charge is -2.42. The second-order valence-electron chi connectivity index (χ2n) is 9.34. The summed E-state index contributed by atoms with van der Waals surface area (Å²) >= 11 is 0. The van der Waals surface area contributed by atoms with Crippen molar-refractivity contribution in [1.29, 1.82) is 5.26 Å². The van der Waals surface area contributed by atoms with E-state index in [0.717, 1.165) is 37.2 Å². The highest BCUT2D eigenvalue weighted by Gasteiger charge is 2.43. The average Bonchev–Trinajstić information content (AvgIpc) is 3.33. The van der Waals surface area contributed by atoms with Crippen LogP contribution in [0.25, 0.3) is 0 Å². The summed E-state index contributed by atoms with van der Waals surface area (Å²) in [6.07, 6.45) is 6.05. The fourth-order valence-electron chi connectivity index (χ4n) is 5.06. The van der Waals surface area contributed by atoms with E-state index >= 15 is 0 Å². The van der Waals surface area contributed by atoms with Gasteiger partial charge in [0.25, 0.3) is 0 Å². The van der Waals surface area contributed by atoms with E-state index in [-0.39, 0.29) is 12.0 Å². The maximum Gasteiger partial charge on any atom is 0.312 e. The van der Waals surface area contributed by atoms with Crippen molar-refractivity contribution in [2.45, 2.75) is 45.7 Å². The third-order valence-electron chi connectivity index (χ3n) is 7.32. The van der Waals surface area contributed by atoms with E-state index < -0.39 is 5.41 Å². The van der Waals surface area contributed by atoms with Crippen molar-refractivity contribution >= 4 is 5.97 Å². The highest BCUT2D eigenvalue weighted by Crippen LogP contribution is 2.39. The Bertz CT molecular complexity index is 1170. The number of benzene rings is 2. The first kappa shape index (κ1) is 23.7. The molecule has 0 amide bonds. The standard InChI is InChI=1S/C28H32N4O2/c1-21-6-4-5-7-25(21)16-28(27(33)34-3)12-14-31(15-13-28)22(2)26-18-30-20-32(26)19-24-10-8-23(17-29)9-11-24/h4-11,18,20,22H,12-16,19H2,1-3H3. The number of rotatable bonds is 7. The smallest absolute Gasteiger partial charge is 0.312 e. The second kappa shape index (κ2) is 10.2. The van der Waals surface area contributed by atoms with E-state index in [2.05, 4.69) is 46.5 Å². The zero-order valence-corrected chi connectivity index (χ0v) is 20.2. The number of likely N-dealkylation sites (tertiary alicyclic amines) is 1. The summed E-state index contributed by atoms with van der Waals surface area (Å²) in [5.74, 6) is -0.103. The lowest BCUT2D eigenvalue weighted by Crippen LogP contribution is -2.47. The minimum Gasteiger partial charge on any atom is -0.469 e. The van der Waals surface area contributed by atoms with Crippen LogP contribution in [0.3, 0.4) is 0 Å². The highest BCUT2D eigenvalue weighted by molar-refractivity contribution is 5.77. The van der Waals surface area contributed by atoms with E-state index in [1.165, 1.54) is 18.2 Å². The van der Waals surface area contributed by atoms with Crippen molar-refractivity contribution in [3.8, 4) is 6.07 Å². The lowest BCUT2D eigenvalue weighted by atomic mass is 9.73. The van der Waals surface area contributed by atoms with Gasteiger partial charge in [-0.25, -0.2) is 4.98 Å². The molecule has 34 heavy (non-hydrogen) atoms. The summed E-state index contributed by atoms with van der Waals surface area (Å²) in [7, 11) is 1.50. The minimum atomic E-state index is -0.486. The maximum absolute atomic E-state index is 12.9. The quantitative estimate of drug-likeness (QED) is 0.483. The number of aromatic nitrogens is 2. The zero-order chi connectivity index (χ0) is 24.1. The molecule has 1 fully saturated rings. The topological polar surface area (TPSA) is 71.2 Å². The Balaban J connectivity index is 1.47. The molecule has 3 aromatic rings. The molecule has 2 aromatic carbocycles. The number of carbonyl (C=O) groups excluding carboxylic acids is 1. The Morgan fingerprint density at radius 1 is 1.18 bits per heavy atom. The number of hydrogen-bond donors (Lipinski definition) is 0. The van der Waals surface area contributed by atoms with Crippen LogP contribution in [0, 0.1) is 23.7 Å². The third kappa shape index (κ3) is 4.90. The van der Waals surface area contributed by atoms with Crippen LogP contribution < -0.4 is 0 Å². The summed E-state index contributed by atoms with van der Waals surface area (Å²) in [5, 5.41) is 9.03. The van der Waals surface area contributed by atoms with Crippen molar-refractivity contribution in [2.24, 2.45) is 5.41 Å². The predicted molar refractivity (Wildman–Crippen MR) is 131 cm³/mol. The van der Waals surface area contributed by atoms with Crippen molar-refractivity contribution in [3.05, 3.63) is 89.0 Å². The van der Waals surface area contributed by atoms with Gasteiger partial charge in [-0.3, -0.25) is 9.69 Å². The molecular formula is C28H32N4O2. The van der Waals surface area contributed by atoms with Crippen LogP contribution in [0.4, 0.5) is 0 Å². The Hall–Kier alpha value is -3.43. The van der Waals surface area contributed by atoms with Gasteiger partial charge in [-0.05, 0) is 75.0 Å². The van der Waals surface area contributed by atoms with Crippen molar-refractivity contribution in [1.82, 2.24) is 14.5 Å². The second-order valence-corrected chi connectivity index (χ2v) is 9.34. The predicted octanol–water partition coefficient (Wildman–Crippen LogP) is 4.67. The average molecular weight is 457 g/mol. The van der Waals surface area contributed by atoms with Gasteiger partial charge in [0.1, 0.15) is 0 Å². The first-order valence-electron chi connectivity index (χ1n) is 11.8. The molecule has 0 N–H and O–H groups in total. The first-order valence-corrected chi connectivity index (χ1v) is 11.8. The van der Waals surface area contributed by atoms with E-state index in [1.54, 1.807) is 0 Å². The van der Waals surface area contributed by atoms with Gasteiger partial charge < -0.3 is 9.30 Å². The van der Waals surface area contributed by atoms with Gasteiger partial charge in [0.15, 0.2) is 0 Å². The summed E-state index contributed by atoms with van der Waals surface area (Å²) in [6.45, 7) is 6.66. The molecule has 1 aliphatic heterocycles. The fraction of sp³-hybridized carbons (Fsp3) is 0.393. The number of piperidine rings is 1. The Morgan fingerprint density at radius 3 is 2.53 bits per heavy atom. The number of carbonyl (C=O) groups is 1. The summed E-state index contributed by atoms with van der Waals surface area (Å²) in [6, 6.07) is 18.3. The van der Waals surface area contributed by atoms with E-state index in [4.69, 9.17) is 10.00 Å². The van der Waals surface area contributed by atoms with Gasteiger partial charge in [-0.15, -0.1) is 0 Å². The van der Waals surface area contributed by atoms with Crippen LogP contribution in [0.5, 0.6) is 0 Å². The number of nitrogens with zero attached hydrogens (tertiary/aromatic N) is 4. The Morgan fingerprint density at radius 2 is 1.88 bits per heavy atom. The van der Waals surface area contributed by atoms with Crippen LogP contribution in [-0.4, -0.2) is 40.6 Å². The molecule has 1 aliphatic rings. The monoisotopic (exact) mass is 456 g/mol. The number of esters is 1. The van der Waals surface area contributed by atoms with Crippen LogP contribution in [0.2, 0.25) is 0 Å². The normalized spacial score (nSPS) is 16.5. The molecule has 176 valence electrons. The molecule has 0 bridgehead atoms. The molecule has 0 spiro atoms. The number of aryl methyl sites for hydroxylation is 1. The van der Waals surface area contributed by atoms with Crippen molar-refractivity contribution in [2.75, 3.05) is 20.2 Å². The van der Waals surface area contributed by atoms with E-state index in [9.17, 15) is 4.79 Å². The van der Waals surface area contributed by atoms with Crippen LogP contribution in [-0.2, 0) is 22.5 Å². The molecule has 1 saturated heterocycles. The molecule has 1 atom stereocenters. The number of nitriles is 1. The van der Waals surface area contributed by atoms with Crippen LogP contribution in [0.15, 0.2) is 61.1 Å². The molecule has 0 saturated carbocycles. The third-order valence-corrected chi connectivity index (χ3v) is 7.32. The van der Waals surface area contributed by atoms with Crippen LogP contribution >= 0.6 is 0 Å². The molecule has 0 radical (unpaired) electrons. The molecule has 6 nitrogen and oxygen atoms in total. The summed E-state index contributed by atoms with van der Waals surface area (Å²) in [4.78, 5) is 19.8. The van der Waals surface area contributed by atoms with Gasteiger partial charge >= 0.3 is 5.97 Å². The summed E-state index contributed by atoms with van der Waals surface area (Å²) < 4.78 is 7.45. The number of imidazole rings is 1. The molecule has 6 heteroatoms. The molecule has 4 rings (SSSR count). The zero-order valence-electron chi connectivity index (χ0n) is 20.2. The first-order chi connectivity index (χ1) is 16.5. The SMILES string of the molecule is COC(=O)C1(Cc2ccccc2C)CCN(C(C)c2cncn2Cc2ccc(C#N)cc2)CC1. The van der Waals surface area contributed by atoms with Crippen molar-refractivity contribution in [3.63, 3.8) is 0 Å². The minimum absolute atomic E-state index is 0.103. The lowest BCUT2D eigenvalue weighted by molar-refractivity contribution is -0.156. The molecule has 0 aliphatic carbocycles. The highest BCUT2D eigenvalue weighted by atomic mass is 16.5. The molecule has 1 aromatic heterocycles. The number of ether oxygens (including phenoxy) is 1. The van der Waals surface area contributed by atoms with Gasteiger partial charge in [-0.2, -0.15) is 5.26 Å². The van der Waals surface area contributed by atoms with E-state index in [1.807, 2.05) is 48.9 Å². The Kier molecular flexibility index (Phi) is 7.14. The number of methoxy groups -OCH3 is 1. The molecule has 2 heterocycles. The van der Waals surface area contributed by atoms with Crippen LogP contribution in [0.1, 0.15) is 53.8 Å². The van der Waals surface area contributed by atoms with Gasteiger partial charge in [-0.1, -0.05) is 36.4 Å². The van der Waals surface area contributed by atoms with Gasteiger partial charge in [0, 0.05) is 18.8 Å². The largest absolute Gasteiger partial charge is 0.469 e. The number of hydrogen-bond acceptors (Lipinski definition) is 5. The summed E-state index contributed by atoms with van der Waals surface area (Å²) in [5.41, 5.74) is 4.89. The van der Waals surface area contributed by atoms with Gasteiger partial charge in [0.05, 0.1) is 36.2 Å². The van der Waals surface area contributed by atoms with Crippen molar-refractivity contribution < 1.29 is 9.53 Å². The molecule has 1 unspecified atom stereocenters.